The van der Waals surface area contributed by atoms with Crippen LogP contribution in [-0.2, 0) is 14.8 Å². The number of benzene rings is 2. The number of amides is 1. The fourth-order valence-electron chi connectivity index (χ4n) is 2.83. The van der Waals surface area contributed by atoms with Gasteiger partial charge in [-0.15, -0.1) is 0 Å². The molecule has 0 bridgehead atoms. The van der Waals surface area contributed by atoms with Crippen molar-refractivity contribution in [1.29, 1.82) is 0 Å². The molecule has 1 atom stereocenters. The third kappa shape index (κ3) is 3.67. The normalized spacial score (nSPS) is 18.2. The third-order valence-electron chi connectivity index (χ3n) is 4.07. The molecular formula is C17H16Cl2N2O3S. The van der Waals surface area contributed by atoms with Gasteiger partial charge in [-0.3, -0.25) is 4.79 Å². The van der Waals surface area contributed by atoms with E-state index in [-0.39, 0.29) is 9.92 Å². The summed E-state index contributed by atoms with van der Waals surface area (Å²) in [5, 5.41) is 3.23. The monoisotopic (exact) mass is 398 g/mol. The Labute approximate surface area is 156 Å². The minimum Gasteiger partial charge on any atom is -0.323 e. The van der Waals surface area contributed by atoms with Gasteiger partial charge >= 0.3 is 0 Å². The molecule has 8 heteroatoms. The first-order chi connectivity index (χ1) is 11.9. The number of anilines is 1. The topological polar surface area (TPSA) is 66.5 Å². The SMILES string of the molecule is O=C(Nc1cccc(Cl)c1Cl)C1CCCN1S(=O)(=O)c1ccccc1. The maximum Gasteiger partial charge on any atom is 0.243 e. The van der Waals surface area contributed by atoms with Crippen LogP contribution in [0, 0.1) is 0 Å². The van der Waals surface area contributed by atoms with Gasteiger partial charge in [0.25, 0.3) is 0 Å². The summed E-state index contributed by atoms with van der Waals surface area (Å²) in [6, 6.07) is 12.2. The van der Waals surface area contributed by atoms with Gasteiger partial charge in [-0.25, -0.2) is 8.42 Å². The van der Waals surface area contributed by atoms with Crippen molar-refractivity contribution in [3.8, 4) is 0 Å². The van der Waals surface area contributed by atoms with Crippen LogP contribution in [0.4, 0.5) is 5.69 Å². The molecule has 0 saturated carbocycles. The number of hydrogen-bond donors (Lipinski definition) is 1. The molecule has 5 nitrogen and oxygen atoms in total. The Kier molecular flexibility index (Phi) is 5.34. The van der Waals surface area contributed by atoms with Gasteiger partial charge < -0.3 is 5.32 Å². The zero-order valence-corrected chi connectivity index (χ0v) is 15.5. The number of nitrogens with one attached hydrogen (secondary N) is 1. The van der Waals surface area contributed by atoms with Crippen LogP contribution in [0.1, 0.15) is 12.8 Å². The lowest BCUT2D eigenvalue weighted by atomic mass is 10.2. The van der Waals surface area contributed by atoms with Crippen molar-refractivity contribution in [1.82, 2.24) is 4.31 Å². The van der Waals surface area contributed by atoms with Crippen LogP contribution in [0.25, 0.3) is 0 Å². The van der Waals surface area contributed by atoms with Crippen LogP contribution >= 0.6 is 23.2 Å². The van der Waals surface area contributed by atoms with Crippen LogP contribution in [0.5, 0.6) is 0 Å². The van der Waals surface area contributed by atoms with Crippen LogP contribution in [0.3, 0.4) is 0 Å². The van der Waals surface area contributed by atoms with E-state index in [1.165, 1.54) is 16.4 Å². The zero-order chi connectivity index (χ0) is 18.0. The van der Waals surface area contributed by atoms with Gasteiger partial charge in [-0.2, -0.15) is 4.31 Å². The van der Waals surface area contributed by atoms with Gasteiger partial charge in [0.15, 0.2) is 0 Å². The molecule has 132 valence electrons. The second-order valence-corrected chi connectivity index (χ2v) is 8.35. The fraction of sp³-hybridized carbons (Fsp3) is 0.235. The minimum atomic E-state index is -3.73. The predicted octanol–water partition coefficient (Wildman–Crippen LogP) is 3.79. The first-order valence-corrected chi connectivity index (χ1v) is 9.92. The molecule has 1 fully saturated rings. The Morgan fingerprint density at radius 2 is 1.80 bits per heavy atom. The van der Waals surface area contributed by atoms with Crippen molar-refractivity contribution in [3.05, 3.63) is 58.6 Å². The van der Waals surface area contributed by atoms with Gasteiger partial charge in [-0.05, 0) is 37.1 Å². The summed E-state index contributed by atoms with van der Waals surface area (Å²) in [6.07, 6.45) is 1.07. The summed E-state index contributed by atoms with van der Waals surface area (Å²) in [7, 11) is -3.73. The molecule has 1 amide bonds. The van der Waals surface area contributed by atoms with E-state index >= 15 is 0 Å². The van der Waals surface area contributed by atoms with Crippen molar-refractivity contribution >= 4 is 44.8 Å². The first kappa shape index (κ1) is 18.2. The Hall–Kier alpha value is -1.60. The van der Waals surface area contributed by atoms with Gasteiger partial charge in [-0.1, -0.05) is 47.5 Å². The zero-order valence-electron chi connectivity index (χ0n) is 13.2. The van der Waals surface area contributed by atoms with E-state index in [0.29, 0.717) is 30.1 Å². The predicted molar refractivity (Wildman–Crippen MR) is 98.4 cm³/mol. The van der Waals surface area contributed by atoms with Crippen molar-refractivity contribution in [2.45, 2.75) is 23.8 Å². The van der Waals surface area contributed by atoms with E-state index in [0.717, 1.165) is 0 Å². The van der Waals surface area contributed by atoms with Crippen LogP contribution in [0.15, 0.2) is 53.4 Å². The molecule has 1 unspecified atom stereocenters. The Balaban J connectivity index is 1.84. The molecule has 3 rings (SSSR count). The average Bonchev–Trinajstić information content (AvgIpc) is 3.10. The van der Waals surface area contributed by atoms with Crippen LogP contribution < -0.4 is 5.32 Å². The third-order valence-corrected chi connectivity index (χ3v) is 6.81. The molecule has 2 aromatic rings. The summed E-state index contributed by atoms with van der Waals surface area (Å²) in [5.74, 6) is -0.416. The second kappa shape index (κ2) is 7.33. The number of nitrogens with zero attached hydrogens (tertiary/aromatic N) is 1. The number of carbonyl (C=O) groups excluding carboxylic acids is 1. The Bertz CT molecular complexity index is 888. The molecule has 25 heavy (non-hydrogen) atoms. The van der Waals surface area contributed by atoms with Gasteiger partial charge in [0, 0.05) is 6.54 Å². The number of sulfonamides is 1. The summed E-state index contributed by atoms with van der Waals surface area (Å²) in [6.45, 7) is 0.304. The Morgan fingerprint density at radius 1 is 1.08 bits per heavy atom. The largest absolute Gasteiger partial charge is 0.323 e. The van der Waals surface area contributed by atoms with Gasteiger partial charge in [0.2, 0.25) is 15.9 Å². The molecule has 1 saturated heterocycles. The molecule has 0 radical (unpaired) electrons. The summed E-state index contributed by atoms with van der Waals surface area (Å²) >= 11 is 12.0. The highest BCUT2D eigenvalue weighted by atomic mass is 35.5. The van der Waals surface area contributed by atoms with Crippen molar-refractivity contribution in [3.63, 3.8) is 0 Å². The summed E-state index contributed by atoms with van der Waals surface area (Å²) in [4.78, 5) is 12.8. The van der Waals surface area contributed by atoms with E-state index < -0.39 is 22.0 Å². The Morgan fingerprint density at radius 3 is 2.52 bits per heavy atom. The van der Waals surface area contributed by atoms with E-state index in [9.17, 15) is 13.2 Å². The lowest BCUT2D eigenvalue weighted by Crippen LogP contribution is -2.43. The lowest BCUT2D eigenvalue weighted by molar-refractivity contribution is -0.119. The van der Waals surface area contributed by atoms with E-state index in [2.05, 4.69) is 5.32 Å². The highest BCUT2D eigenvalue weighted by Gasteiger charge is 2.39. The molecule has 0 aliphatic carbocycles. The minimum absolute atomic E-state index is 0.176. The molecular weight excluding hydrogens is 383 g/mol. The molecule has 0 aromatic heterocycles. The van der Waals surface area contributed by atoms with E-state index in [1.807, 2.05) is 0 Å². The highest BCUT2D eigenvalue weighted by Crippen LogP contribution is 2.31. The first-order valence-electron chi connectivity index (χ1n) is 7.73. The van der Waals surface area contributed by atoms with Crippen LogP contribution in [0.2, 0.25) is 10.0 Å². The standard InChI is InChI=1S/C17H16Cl2N2O3S/c18-13-8-4-9-14(16(13)19)20-17(22)15-10-5-11-21(15)25(23,24)12-6-2-1-3-7-12/h1-4,6-9,15H,5,10-11H2,(H,20,22). The van der Waals surface area contributed by atoms with Crippen molar-refractivity contribution in [2.24, 2.45) is 0 Å². The maximum atomic E-state index is 12.8. The van der Waals surface area contributed by atoms with Gasteiger partial charge in [0.1, 0.15) is 6.04 Å². The molecule has 1 aliphatic rings. The molecule has 1 N–H and O–H groups in total. The number of carbonyl (C=O) groups is 1. The molecule has 1 heterocycles. The number of halogens is 2. The lowest BCUT2D eigenvalue weighted by Gasteiger charge is -2.23. The average molecular weight is 399 g/mol. The number of rotatable bonds is 4. The molecule has 1 aliphatic heterocycles. The highest BCUT2D eigenvalue weighted by molar-refractivity contribution is 7.89. The van der Waals surface area contributed by atoms with Gasteiger partial charge in [0.05, 0.1) is 20.6 Å². The van der Waals surface area contributed by atoms with Crippen LogP contribution in [-0.4, -0.2) is 31.2 Å². The molecule has 0 spiro atoms. The van der Waals surface area contributed by atoms with E-state index in [1.54, 1.807) is 36.4 Å². The smallest absolute Gasteiger partial charge is 0.243 e. The quantitative estimate of drug-likeness (QED) is 0.851. The second-order valence-electron chi connectivity index (χ2n) is 5.68. The number of hydrogen-bond acceptors (Lipinski definition) is 3. The van der Waals surface area contributed by atoms with E-state index in [4.69, 9.17) is 23.2 Å². The summed E-state index contributed by atoms with van der Waals surface area (Å²) < 4.78 is 26.9. The maximum absolute atomic E-state index is 12.8. The molecule has 2 aromatic carbocycles. The van der Waals surface area contributed by atoms with Crippen molar-refractivity contribution in [2.75, 3.05) is 11.9 Å². The fourth-order valence-corrected chi connectivity index (χ4v) is 4.86. The van der Waals surface area contributed by atoms with Crippen molar-refractivity contribution < 1.29 is 13.2 Å². The summed E-state index contributed by atoms with van der Waals surface area (Å²) in [5.41, 5.74) is 0.364.